The fourth-order valence-corrected chi connectivity index (χ4v) is 3.26. The van der Waals surface area contributed by atoms with Gasteiger partial charge in [-0.3, -0.25) is 20.3 Å². The summed E-state index contributed by atoms with van der Waals surface area (Å²) in [5.41, 5.74) is 3.36. The number of nitrogens with one attached hydrogen (secondary N) is 3. The van der Waals surface area contributed by atoms with E-state index >= 15 is 0 Å². The number of hydrogen-bond acceptors (Lipinski definition) is 5. The number of para-hydroxylation sites is 1. The lowest BCUT2D eigenvalue weighted by Gasteiger charge is -2.22. The summed E-state index contributed by atoms with van der Waals surface area (Å²) in [4.78, 5) is 35.6. The van der Waals surface area contributed by atoms with Gasteiger partial charge in [0.1, 0.15) is 5.54 Å². The maximum absolute atomic E-state index is 12.9. The quantitative estimate of drug-likeness (QED) is 0.299. The lowest BCUT2D eigenvalue weighted by atomic mass is 9.92. The fourth-order valence-electron chi connectivity index (χ4n) is 3.06. The minimum Gasteiger partial charge on any atom is -0.331 e. The Hall–Kier alpha value is -3.53. The number of nitro groups is 1. The molecule has 1 aliphatic heterocycles. The molecule has 3 N–H and O–H groups in total. The molecule has 1 fully saturated rings. The molecule has 1 aliphatic rings. The lowest BCUT2D eigenvalue weighted by molar-refractivity contribution is -0.384. The van der Waals surface area contributed by atoms with Crippen molar-refractivity contribution in [1.29, 1.82) is 0 Å². The van der Waals surface area contributed by atoms with E-state index in [0.717, 1.165) is 22.7 Å². The number of hydrogen-bond donors (Lipinski definition) is 3. The number of carbonyl (C=O) groups excluding carboxylic acids is 2. The molecule has 0 saturated carbocycles. The number of imide groups is 1. The Morgan fingerprint density at radius 3 is 2.48 bits per heavy atom. The van der Waals surface area contributed by atoms with Crippen LogP contribution in [0.4, 0.5) is 16.2 Å². The molecule has 10 heteroatoms. The van der Waals surface area contributed by atoms with Crippen LogP contribution in [0, 0.1) is 10.1 Å². The van der Waals surface area contributed by atoms with Crippen LogP contribution in [-0.4, -0.2) is 27.0 Å². The molecule has 150 valence electrons. The second-order valence-electron chi connectivity index (χ2n) is 6.58. The van der Waals surface area contributed by atoms with Crippen LogP contribution in [0.25, 0.3) is 0 Å². The maximum atomic E-state index is 12.9. The Bertz CT molecular complexity index is 994. The molecule has 1 heterocycles. The summed E-state index contributed by atoms with van der Waals surface area (Å²) >= 11 is 5.25. The molecule has 3 amide bonds. The molecule has 0 aromatic heterocycles. The summed E-state index contributed by atoms with van der Waals surface area (Å²) in [6.07, 6.45) is 0.785. The molecule has 29 heavy (non-hydrogen) atoms. The molecule has 0 radical (unpaired) electrons. The van der Waals surface area contributed by atoms with Crippen molar-refractivity contribution in [2.75, 3.05) is 5.32 Å². The third-order valence-corrected chi connectivity index (χ3v) is 4.90. The van der Waals surface area contributed by atoms with E-state index in [1.54, 1.807) is 0 Å². The number of carbonyl (C=O) groups is 2. The van der Waals surface area contributed by atoms with E-state index in [2.05, 4.69) is 16.1 Å². The number of thiocarbonyl (C=S) groups is 1. The van der Waals surface area contributed by atoms with Gasteiger partial charge in [0, 0.05) is 17.8 Å². The largest absolute Gasteiger partial charge is 0.344 e. The Morgan fingerprint density at radius 2 is 1.86 bits per heavy atom. The summed E-state index contributed by atoms with van der Waals surface area (Å²) in [5.74, 6) is -0.579. The van der Waals surface area contributed by atoms with Crippen molar-refractivity contribution in [2.45, 2.75) is 25.8 Å². The summed E-state index contributed by atoms with van der Waals surface area (Å²) in [6, 6.07) is 12.3. The number of aryl methyl sites for hydroxylation is 1. The average molecular weight is 413 g/mol. The molecule has 1 atom stereocenters. The number of non-ortho nitro benzene ring substituents is 1. The zero-order valence-corrected chi connectivity index (χ0v) is 16.6. The van der Waals surface area contributed by atoms with Crippen LogP contribution in [0.2, 0.25) is 0 Å². The first kappa shape index (κ1) is 20.2. The van der Waals surface area contributed by atoms with E-state index in [1.807, 2.05) is 31.2 Å². The number of benzene rings is 2. The van der Waals surface area contributed by atoms with Gasteiger partial charge in [0.05, 0.1) is 4.92 Å². The summed E-state index contributed by atoms with van der Waals surface area (Å²) in [7, 11) is 0. The van der Waals surface area contributed by atoms with Gasteiger partial charge in [-0.05, 0) is 54.9 Å². The molecule has 0 unspecified atom stereocenters. The third kappa shape index (κ3) is 3.87. The summed E-state index contributed by atoms with van der Waals surface area (Å²) in [5, 5.41) is 17.3. The van der Waals surface area contributed by atoms with E-state index in [-0.39, 0.29) is 10.8 Å². The molecule has 0 aliphatic carbocycles. The molecule has 2 aromatic carbocycles. The first-order valence-electron chi connectivity index (χ1n) is 8.83. The SMILES string of the molecule is CCc1ccccc1NC(=S)NN1C(=O)N[C@](C)(c2ccc([N+](=O)[O-])cc2)C1=O. The van der Waals surface area contributed by atoms with Gasteiger partial charge in [-0.2, -0.15) is 5.01 Å². The molecule has 1 saturated heterocycles. The zero-order chi connectivity index (χ0) is 21.2. The second-order valence-corrected chi connectivity index (χ2v) is 6.98. The van der Waals surface area contributed by atoms with Gasteiger partial charge in [0.15, 0.2) is 5.11 Å². The maximum Gasteiger partial charge on any atom is 0.344 e. The van der Waals surface area contributed by atoms with Gasteiger partial charge >= 0.3 is 6.03 Å². The van der Waals surface area contributed by atoms with Gasteiger partial charge in [-0.15, -0.1) is 0 Å². The molecule has 3 rings (SSSR count). The topological polar surface area (TPSA) is 117 Å². The van der Waals surface area contributed by atoms with Gasteiger partial charge in [-0.1, -0.05) is 25.1 Å². The van der Waals surface area contributed by atoms with Crippen LogP contribution in [0.3, 0.4) is 0 Å². The average Bonchev–Trinajstić information content (AvgIpc) is 2.92. The van der Waals surface area contributed by atoms with Crippen LogP contribution >= 0.6 is 12.2 Å². The molecule has 0 bridgehead atoms. The highest BCUT2D eigenvalue weighted by Gasteiger charge is 2.49. The van der Waals surface area contributed by atoms with Crippen LogP contribution in [-0.2, 0) is 16.8 Å². The molecular formula is C19H19N5O4S. The molecule has 9 nitrogen and oxygen atoms in total. The Morgan fingerprint density at radius 1 is 1.21 bits per heavy atom. The minimum absolute atomic E-state index is 0.0855. The van der Waals surface area contributed by atoms with Crippen molar-refractivity contribution in [3.05, 3.63) is 69.8 Å². The molecular weight excluding hydrogens is 394 g/mol. The van der Waals surface area contributed by atoms with E-state index in [1.165, 1.54) is 31.2 Å². The van der Waals surface area contributed by atoms with Crippen molar-refractivity contribution in [3.8, 4) is 0 Å². The number of amides is 3. The van der Waals surface area contributed by atoms with Crippen molar-refractivity contribution in [3.63, 3.8) is 0 Å². The standard InChI is InChI=1S/C19H19N5O4S/c1-3-12-6-4-5-7-15(12)20-17(29)22-23-16(25)19(2,21-18(23)26)13-8-10-14(11-9-13)24(27)28/h4-11H,3H2,1-2H3,(H,21,26)(H2,20,22,29)/t19-/m1/s1. The van der Waals surface area contributed by atoms with Crippen molar-refractivity contribution >= 4 is 40.6 Å². The number of rotatable bonds is 5. The summed E-state index contributed by atoms with van der Waals surface area (Å²) < 4.78 is 0. The predicted molar refractivity (Wildman–Crippen MR) is 111 cm³/mol. The van der Waals surface area contributed by atoms with Crippen LogP contribution in [0.1, 0.15) is 25.0 Å². The van der Waals surface area contributed by atoms with Crippen molar-refractivity contribution in [1.82, 2.24) is 15.8 Å². The van der Waals surface area contributed by atoms with Crippen LogP contribution < -0.4 is 16.1 Å². The number of nitro benzene ring substituents is 1. The Kier molecular flexibility index (Phi) is 5.46. The number of urea groups is 1. The minimum atomic E-state index is -1.38. The lowest BCUT2D eigenvalue weighted by Crippen LogP contribution is -2.49. The van der Waals surface area contributed by atoms with Gasteiger partial charge in [0.2, 0.25) is 0 Å². The highest BCUT2D eigenvalue weighted by molar-refractivity contribution is 7.80. The normalized spacial score (nSPS) is 18.3. The van der Waals surface area contributed by atoms with Crippen LogP contribution in [0.5, 0.6) is 0 Å². The van der Waals surface area contributed by atoms with Crippen molar-refractivity contribution in [2.24, 2.45) is 0 Å². The smallest absolute Gasteiger partial charge is 0.331 e. The van der Waals surface area contributed by atoms with E-state index in [9.17, 15) is 19.7 Å². The first-order valence-corrected chi connectivity index (χ1v) is 9.24. The van der Waals surface area contributed by atoms with Gasteiger partial charge in [-0.25, -0.2) is 4.79 Å². The Labute approximate surface area is 172 Å². The highest BCUT2D eigenvalue weighted by Crippen LogP contribution is 2.29. The highest BCUT2D eigenvalue weighted by atomic mass is 32.1. The van der Waals surface area contributed by atoms with E-state index in [4.69, 9.17) is 12.2 Å². The van der Waals surface area contributed by atoms with Gasteiger partial charge < -0.3 is 10.6 Å². The van der Waals surface area contributed by atoms with Crippen molar-refractivity contribution < 1.29 is 14.5 Å². The third-order valence-electron chi connectivity index (χ3n) is 4.71. The molecule has 2 aromatic rings. The summed E-state index contributed by atoms with van der Waals surface area (Å²) in [6.45, 7) is 3.53. The predicted octanol–water partition coefficient (Wildman–Crippen LogP) is 2.83. The second kappa shape index (κ2) is 7.84. The number of nitrogens with zero attached hydrogens (tertiary/aromatic N) is 2. The Balaban J connectivity index is 1.76. The van der Waals surface area contributed by atoms with Gasteiger partial charge in [0.25, 0.3) is 11.6 Å². The first-order chi connectivity index (χ1) is 13.8. The number of anilines is 1. The fraction of sp³-hybridized carbons (Fsp3) is 0.211. The van der Waals surface area contributed by atoms with E-state index in [0.29, 0.717) is 5.56 Å². The number of hydrazine groups is 1. The molecule has 0 spiro atoms. The van der Waals surface area contributed by atoms with E-state index < -0.39 is 22.4 Å². The zero-order valence-electron chi connectivity index (χ0n) is 15.8. The van der Waals surface area contributed by atoms with Crippen LogP contribution in [0.15, 0.2) is 48.5 Å². The monoisotopic (exact) mass is 413 g/mol.